The molecule has 1 aliphatic rings. The molecule has 0 aromatic rings. The second kappa shape index (κ2) is 12.4. The van der Waals surface area contributed by atoms with Gasteiger partial charge in [0.15, 0.2) is 0 Å². The highest BCUT2D eigenvalue weighted by atomic mass is 16.4. The molecule has 0 radical (unpaired) electrons. The lowest BCUT2D eigenvalue weighted by molar-refractivity contribution is -0.155. The molecular formula is C14H28O4. The first-order chi connectivity index (χ1) is 8.54. The fourth-order valence-electron chi connectivity index (χ4n) is 1.72. The summed E-state index contributed by atoms with van der Waals surface area (Å²) in [5, 5.41) is 17.4. The van der Waals surface area contributed by atoms with E-state index in [1.807, 2.05) is 13.8 Å². The molecule has 0 spiro atoms. The first-order valence-corrected chi connectivity index (χ1v) is 7.00. The van der Waals surface area contributed by atoms with Crippen molar-refractivity contribution in [2.45, 2.75) is 66.2 Å². The van der Waals surface area contributed by atoms with Crippen molar-refractivity contribution >= 4 is 11.9 Å². The van der Waals surface area contributed by atoms with Crippen LogP contribution < -0.4 is 0 Å². The van der Waals surface area contributed by atoms with E-state index in [1.165, 1.54) is 12.8 Å². The van der Waals surface area contributed by atoms with Gasteiger partial charge in [-0.3, -0.25) is 9.59 Å². The van der Waals surface area contributed by atoms with E-state index in [-0.39, 0.29) is 0 Å². The molecule has 1 fully saturated rings. The molecule has 1 saturated carbocycles. The van der Waals surface area contributed by atoms with E-state index in [2.05, 4.69) is 13.8 Å². The van der Waals surface area contributed by atoms with Crippen LogP contribution in [0, 0.1) is 11.8 Å². The summed E-state index contributed by atoms with van der Waals surface area (Å²) in [6.45, 7) is 8.36. The summed E-state index contributed by atoms with van der Waals surface area (Å²) >= 11 is 0. The normalized spacial score (nSPS) is 21.8. The monoisotopic (exact) mass is 260 g/mol. The number of unbranched alkanes of at least 4 members (excludes halogenated alkanes) is 1. The Kier molecular flexibility index (Phi) is 13.3. The third-order valence-corrected chi connectivity index (χ3v) is 2.90. The molecule has 108 valence electrons. The van der Waals surface area contributed by atoms with Crippen LogP contribution in [0.4, 0.5) is 0 Å². The number of carboxylic acids is 2. The lowest BCUT2D eigenvalue weighted by atomic mass is 9.79. The lowest BCUT2D eigenvalue weighted by Crippen LogP contribution is -2.32. The lowest BCUT2D eigenvalue weighted by Gasteiger charge is -2.24. The van der Waals surface area contributed by atoms with Gasteiger partial charge in [0.05, 0.1) is 11.8 Å². The molecule has 2 atom stereocenters. The maximum atomic E-state index is 10.6. The minimum Gasteiger partial charge on any atom is -0.481 e. The zero-order valence-electron chi connectivity index (χ0n) is 12.1. The highest BCUT2D eigenvalue weighted by molar-refractivity contribution is 5.80. The van der Waals surface area contributed by atoms with Gasteiger partial charge in [-0.05, 0) is 12.8 Å². The number of aliphatic carboxylic acids is 2. The number of hydrogen-bond donors (Lipinski definition) is 2. The highest BCUT2D eigenvalue weighted by Gasteiger charge is 2.35. The molecule has 0 aromatic heterocycles. The average Bonchev–Trinajstić information content (AvgIpc) is 2.41. The Labute approximate surface area is 110 Å². The second-order valence-corrected chi connectivity index (χ2v) is 4.17. The van der Waals surface area contributed by atoms with E-state index < -0.39 is 23.8 Å². The molecule has 4 heteroatoms. The first kappa shape index (κ1) is 19.3. The number of carboxylic acid groups (broad SMARTS) is 2. The van der Waals surface area contributed by atoms with Gasteiger partial charge in [-0.1, -0.05) is 53.4 Å². The molecule has 0 heterocycles. The van der Waals surface area contributed by atoms with E-state index in [0.29, 0.717) is 12.8 Å². The summed E-state index contributed by atoms with van der Waals surface area (Å²) in [6, 6.07) is 0. The minimum atomic E-state index is -0.970. The van der Waals surface area contributed by atoms with Gasteiger partial charge in [0.1, 0.15) is 0 Å². The first-order valence-electron chi connectivity index (χ1n) is 7.00. The van der Waals surface area contributed by atoms with Crippen molar-refractivity contribution < 1.29 is 19.8 Å². The standard InChI is InChI=1S/C8H12O4.C4H10.C2H6/c9-7(10)5-3-1-2-4-6(5)8(11)12;1-3-4-2;1-2/h5-6H,1-4H2,(H,9,10)(H,11,12);3-4H2,1-2H3;1-2H3. The second-order valence-electron chi connectivity index (χ2n) is 4.17. The zero-order valence-corrected chi connectivity index (χ0v) is 12.1. The largest absolute Gasteiger partial charge is 0.481 e. The van der Waals surface area contributed by atoms with E-state index in [4.69, 9.17) is 10.2 Å². The Bertz CT molecular complexity index is 202. The van der Waals surface area contributed by atoms with Crippen LogP contribution in [0.3, 0.4) is 0 Å². The molecule has 0 aliphatic heterocycles. The van der Waals surface area contributed by atoms with Crippen LogP contribution in [0.15, 0.2) is 0 Å². The van der Waals surface area contributed by atoms with Crippen LogP contribution in [-0.2, 0) is 9.59 Å². The van der Waals surface area contributed by atoms with Crippen molar-refractivity contribution in [3.63, 3.8) is 0 Å². The summed E-state index contributed by atoms with van der Waals surface area (Å²) in [5.74, 6) is -3.28. The van der Waals surface area contributed by atoms with E-state index >= 15 is 0 Å². The maximum Gasteiger partial charge on any atom is 0.307 e. The smallest absolute Gasteiger partial charge is 0.307 e. The number of carbonyl (C=O) groups is 2. The third kappa shape index (κ3) is 8.09. The van der Waals surface area contributed by atoms with Crippen molar-refractivity contribution in [3.8, 4) is 0 Å². The van der Waals surface area contributed by atoms with Crippen LogP contribution in [0.2, 0.25) is 0 Å². The SMILES string of the molecule is CC.CCCC.O=C(O)C1CCCCC1C(=O)O. The molecule has 2 N–H and O–H groups in total. The molecule has 18 heavy (non-hydrogen) atoms. The quantitative estimate of drug-likeness (QED) is 0.809. The summed E-state index contributed by atoms with van der Waals surface area (Å²) in [7, 11) is 0. The minimum absolute atomic E-state index is 0.506. The molecule has 1 aliphatic carbocycles. The van der Waals surface area contributed by atoms with Crippen molar-refractivity contribution in [3.05, 3.63) is 0 Å². The van der Waals surface area contributed by atoms with Crippen LogP contribution in [0.5, 0.6) is 0 Å². The Morgan fingerprint density at radius 2 is 1.17 bits per heavy atom. The van der Waals surface area contributed by atoms with Crippen LogP contribution >= 0.6 is 0 Å². The fourth-order valence-corrected chi connectivity index (χ4v) is 1.72. The molecular weight excluding hydrogens is 232 g/mol. The van der Waals surface area contributed by atoms with Gasteiger partial charge < -0.3 is 10.2 Å². The van der Waals surface area contributed by atoms with Gasteiger partial charge in [-0.15, -0.1) is 0 Å². The molecule has 0 aromatic carbocycles. The van der Waals surface area contributed by atoms with Crippen LogP contribution in [0.25, 0.3) is 0 Å². The molecule has 2 unspecified atom stereocenters. The maximum absolute atomic E-state index is 10.6. The summed E-state index contributed by atoms with van der Waals surface area (Å²) in [4.78, 5) is 21.2. The zero-order chi connectivity index (χ0) is 14.6. The van der Waals surface area contributed by atoms with E-state index in [0.717, 1.165) is 12.8 Å². The van der Waals surface area contributed by atoms with Crippen LogP contribution in [-0.4, -0.2) is 22.2 Å². The number of hydrogen-bond acceptors (Lipinski definition) is 2. The van der Waals surface area contributed by atoms with Gasteiger partial charge in [0.2, 0.25) is 0 Å². The van der Waals surface area contributed by atoms with Gasteiger partial charge >= 0.3 is 11.9 Å². The van der Waals surface area contributed by atoms with Crippen LogP contribution in [0.1, 0.15) is 66.2 Å². The van der Waals surface area contributed by atoms with Gasteiger partial charge in [-0.25, -0.2) is 0 Å². The van der Waals surface area contributed by atoms with E-state index in [1.54, 1.807) is 0 Å². The van der Waals surface area contributed by atoms with Crippen molar-refractivity contribution in [2.75, 3.05) is 0 Å². The Balaban J connectivity index is 0. The predicted molar refractivity (Wildman–Crippen MR) is 72.6 cm³/mol. The fraction of sp³-hybridized carbons (Fsp3) is 0.857. The summed E-state index contributed by atoms with van der Waals surface area (Å²) in [5.41, 5.74) is 0. The molecule has 0 bridgehead atoms. The third-order valence-electron chi connectivity index (χ3n) is 2.90. The highest BCUT2D eigenvalue weighted by Crippen LogP contribution is 2.30. The van der Waals surface area contributed by atoms with Crippen molar-refractivity contribution in [2.24, 2.45) is 11.8 Å². The molecule has 4 nitrogen and oxygen atoms in total. The van der Waals surface area contributed by atoms with Crippen molar-refractivity contribution in [1.29, 1.82) is 0 Å². The predicted octanol–water partition coefficient (Wildman–Crippen LogP) is 3.79. The molecule has 1 rings (SSSR count). The Morgan fingerprint density at radius 3 is 1.33 bits per heavy atom. The van der Waals surface area contributed by atoms with Gasteiger partial charge in [-0.2, -0.15) is 0 Å². The van der Waals surface area contributed by atoms with Crippen molar-refractivity contribution in [1.82, 2.24) is 0 Å². The summed E-state index contributed by atoms with van der Waals surface area (Å²) in [6.07, 6.45) is 5.32. The van der Waals surface area contributed by atoms with Gasteiger partial charge in [0.25, 0.3) is 0 Å². The molecule has 0 saturated heterocycles. The van der Waals surface area contributed by atoms with E-state index in [9.17, 15) is 9.59 Å². The summed E-state index contributed by atoms with van der Waals surface area (Å²) < 4.78 is 0. The number of rotatable bonds is 3. The topological polar surface area (TPSA) is 74.6 Å². The average molecular weight is 260 g/mol. The Hall–Kier alpha value is -1.06. The molecule has 0 amide bonds. The Morgan fingerprint density at radius 1 is 0.889 bits per heavy atom. The van der Waals surface area contributed by atoms with Gasteiger partial charge in [0, 0.05) is 0 Å².